The summed E-state index contributed by atoms with van der Waals surface area (Å²) in [6, 6.07) is 8.82. The van der Waals surface area contributed by atoms with Crippen molar-refractivity contribution < 1.29 is 27.9 Å². The molecule has 0 amide bonds. The van der Waals surface area contributed by atoms with Crippen LogP contribution in [0.4, 0.5) is 0 Å². The Kier molecular flexibility index (Phi) is 7.64. The summed E-state index contributed by atoms with van der Waals surface area (Å²) < 4.78 is 40.3. The maximum atomic E-state index is 6.72. The molecule has 0 radical (unpaired) electrons. The van der Waals surface area contributed by atoms with Crippen molar-refractivity contribution in [2.75, 3.05) is 0 Å². The molecule has 1 unspecified atom stereocenters. The van der Waals surface area contributed by atoms with Gasteiger partial charge in [-0.05, 0) is 101 Å². The lowest BCUT2D eigenvalue weighted by Gasteiger charge is -2.32. The lowest BCUT2D eigenvalue weighted by molar-refractivity contribution is 0.00578. The van der Waals surface area contributed by atoms with Crippen LogP contribution in [-0.4, -0.2) is 55.0 Å². The van der Waals surface area contributed by atoms with Gasteiger partial charge >= 0.3 is 21.4 Å². The first-order valence-electron chi connectivity index (χ1n) is 14.4. The molecule has 0 bridgehead atoms. The van der Waals surface area contributed by atoms with E-state index >= 15 is 0 Å². The van der Waals surface area contributed by atoms with Gasteiger partial charge in [0.15, 0.2) is 0 Å². The van der Waals surface area contributed by atoms with Crippen LogP contribution in [0, 0.1) is 0 Å². The van der Waals surface area contributed by atoms with Gasteiger partial charge in [-0.3, -0.25) is 0 Å². The van der Waals surface area contributed by atoms with E-state index in [0.29, 0.717) is 0 Å². The predicted octanol–water partition coefficient (Wildman–Crippen LogP) is 6.45. The second kappa shape index (κ2) is 9.63. The van der Waals surface area contributed by atoms with E-state index in [9.17, 15) is 0 Å². The van der Waals surface area contributed by atoms with Crippen molar-refractivity contribution in [2.24, 2.45) is 0 Å². The molecule has 1 atom stereocenters. The fraction of sp³-hybridized carbons (Fsp3) is 0.793. The molecule has 38 heavy (non-hydrogen) atoms. The van der Waals surface area contributed by atoms with E-state index in [0.717, 1.165) is 18.4 Å². The molecule has 6 nitrogen and oxygen atoms in total. The van der Waals surface area contributed by atoms with Crippen LogP contribution in [0.1, 0.15) is 113 Å². The van der Waals surface area contributed by atoms with Gasteiger partial charge in [0.2, 0.25) is 0 Å². The van der Waals surface area contributed by atoms with Crippen LogP contribution in [-0.2, 0) is 34.3 Å². The molecule has 3 aliphatic heterocycles. The van der Waals surface area contributed by atoms with E-state index in [-0.39, 0.29) is 11.5 Å². The second-order valence-corrected chi connectivity index (χ2v) is 14.5. The Morgan fingerprint density at radius 3 is 1.16 bits per heavy atom. The van der Waals surface area contributed by atoms with Crippen molar-refractivity contribution in [1.82, 2.24) is 0 Å². The van der Waals surface area contributed by atoms with Crippen LogP contribution in [0.5, 0.6) is 0 Å². The van der Waals surface area contributed by atoms with E-state index in [2.05, 4.69) is 114 Å². The molecule has 0 aromatic heterocycles. The molecular formula is C29H49B3O6. The van der Waals surface area contributed by atoms with Crippen molar-refractivity contribution in [3.05, 3.63) is 35.4 Å². The first kappa shape index (κ1) is 30.1. The molecular weight excluding hydrogens is 477 g/mol. The fourth-order valence-corrected chi connectivity index (χ4v) is 5.35. The Balaban J connectivity index is 1.84. The quantitative estimate of drug-likeness (QED) is 0.381. The Labute approximate surface area is 232 Å². The highest BCUT2D eigenvalue weighted by atomic mass is 16.7. The van der Waals surface area contributed by atoms with E-state index in [1.165, 1.54) is 5.56 Å². The number of aryl methyl sites for hydroxylation is 1. The molecule has 0 spiro atoms. The summed E-state index contributed by atoms with van der Waals surface area (Å²) in [5.74, 6) is -0.267. The van der Waals surface area contributed by atoms with Gasteiger partial charge in [0, 0.05) is 11.5 Å². The highest BCUT2D eigenvalue weighted by Gasteiger charge is 2.67. The summed E-state index contributed by atoms with van der Waals surface area (Å²) in [6.07, 6.45) is 2.14. The van der Waals surface area contributed by atoms with Crippen LogP contribution >= 0.6 is 0 Å². The second-order valence-electron chi connectivity index (χ2n) is 14.5. The van der Waals surface area contributed by atoms with E-state index in [4.69, 9.17) is 27.9 Å². The third kappa shape index (κ3) is 5.17. The lowest BCUT2D eigenvalue weighted by Crippen LogP contribution is -2.47. The van der Waals surface area contributed by atoms with Crippen LogP contribution in [0.15, 0.2) is 24.3 Å². The van der Waals surface area contributed by atoms with Gasteiger partial charge in [-0.25, -0.2) is 0 Å². The number of rotatable bonds is 7. The molecule has 3 aliphatic rings. The standard InChI is InChI=1S/C29H49B3O6/c1-14-15-20-16-18-21(19-17-20)22(30-33-24(2,3)25(4,5)34-30)23(31-35-26(6,7)27(8,9)36-31)32-37-28(10,11)29(12,13)38-32/h16-19,22-23H,14-15H2,1-13H3. The van der Waals surface area contributed by atoms with Crippen LogP contribution < -0.4 is 0 Å². The molecule has 4 rings (SSSR count). The van der Waals surface area contributed by atoms with Gasteiger partial charge in [0.05, 0.1) is 33.6 Å². The van der Waals surface area contributed by atoms with E-state index < -0.39 is 55.0 Å². The third-order valence-electron chi connectivity index (χ3n) is 10.1. The third-order valence-corrected chi connectivity index (χ3v) is 10.1. The van der Waals surface area contributed by atoms with Crippen molar-refractivity contribution in [3.8, 4) is 0 Å². The number of hydrogen-bond donors (Lipinski definition) is 0. The van der Waals surface area contributed by atoms with Gasteiger partial charge in [0.25, 0.3) is 0 Å². The SMILES string of the molecule is CCCc1ccc(C(B2OC(C)(C)C(C)(C)O2)C(B2OC(C)(C)C(C)(C)O2)B2OC(C)(C)C(C)(C)O2)cc1. The zero-order chi connectivity index (χ0) is 28.5. The molecule has 9 heteroatoms. The minimum Gasteiger partial charge on any atom is -0.403 e. The largest absolute Gasteiger partial charge is 0.465 e. The summed E-state index contributed by atoms with van der Waals surface area (Å²) in [6.45, 7) is 27.2. The Morgan fingerprint density at radius 2 is 0.842 bits per heavy atom. The Morgan fingerprint density at radius 1 is 0.526 bits per heavy atom. The summed E-state index contributed by atoms with van der Waals surface area (Å²) in [5.41, 5.74) is -0.969. The van der Waals surface area contributed by atoms with Crippen molar-refractivity contribution >= 4 is 21.4 Å². The van der Waals surface area contributed by atoms with Crippen molar-refractivity contribution in [1.29, 1.82) is 0 Å². The predicted molar refractivity (Wildman–Crippen MR) is 155 cm³/mol. The zero-order valence-electron chi connectivity index (χ0n) is 26.1. The highest BCUT2D eigenvalue weighted by molar-refractivity contribution is 6.71. The van der Waals surface area contributed by atoms with E-state index in [1.807, 2.05) is 0 Å². The average Bonchev–Trinajstić information content (AvgIpc) is 3.20. The van der Waals surface area contributed by atoms with Crippen LogP contribution in [0.25, 0.3) is 0 Å². The Bertz CT molecular complexity index is 920. The van der Waals surface area contributed by atoms with Crippen LogP contribution in [0.3, 0.4) is 0 Å². The normalized spacial score (nSPS) is 27.4. The number of hydrogen-bond acceptors (Lipinski definition) is 6. The van der Waals surface area contributed by atoms with Gasteiger partial charge in [0.1, 0.15) is 0 Å². The molecule has 1 aromatic rings. The van der Waals surface area contributed by atoms with Gasteiger partial charge in [-0.1, -0.05) is 37.6 Å². The fourth-order valence-electron chi connectivity index (χ4n) is 5.35. The monoisotopic (exact) mass is 526 g/mol. The molecule has 210 valence electrons. The molecule has 1 aromatic carbocycles. The summed E-state index contributed by atoms with van der Waals surface area (Å²) in [4.78, 5) is 0. The van der Waals surface area contributed by atoms with Crippen molar-refractivity contribution in [2.45, 2.75) is 148 Å². The maximum Gasteiger partial charge on any atom is 0.465 e. The summed E-state index contributed by atoms with van der Waals surface area (Å²) in [7, 11) is -1.72. The lowest BCUT2D eigenvalue weighted by atomic mass is 9.39. The molecule has 3 heterocycles. The number of benzene rings is 1. The first-order chi connectivity index (χ1) is 17.2. The average molecular weight is 526 g/mol. The smallest absolute Gasteiger partial charge is 0.403 e. The first-order valence-corrected chi connectivity index (χ1v) is 14.4. The van der Waals surface area contributed by atoms with Crippen LogP contribution in [0.2, 0.25) is 5.72 Å². The van der Waals surface area contributed by atoms with Gasteiger partial charge < -0.3 is 27.9 Å². The topological polar surface area (TPSA) is 55.4 Å². The minimum absolute atomic E-state index is 0.267. The molecule has 0 aliphatic carbocycles. The van der Waals surface area contributed by atoms with Gasteiger partial charge in [-0.2, -0.15) is 0 Å². The molecule has 3 fully saturated rings. The maximum absolute atomic E-state index is 6.72. The highest BCUT2D eigenvalue weighted by Crippen LogP contribution is 2.52. The van der Waals surface area contributed by atoms with Gasteiger partial charge in [-0.15, -0.1) is 0 Å². The van der Waals surface area contributed by atoms with Crippen molar-refractivity contribution in [3.63, 3.8) is 0 Å². The molecule has 0 saturated carbocycles. The molecule has 3 saturated heterocycles. The van der Waals surface area contributed by atoms with E-state index in [1.54, 1.807) is 0 Å². The molecule has 0 N–H and O–H groups in total. The minimum atomic E-state index is -0.589. The Hall–Kier alpha value is -0.825. The summed E-state index contributed by atoms with van der Waals surface area (Å²) >= 11 is 0. The zero-order valence-corrected chi connectivity index (χ0v) is 26.1. The summed E-state index contributed by atoms with van der Waals surface area (Å²) in [5, 5.41) is 0.